The predicted octanol–water partition coefficient (Wildman–Crippen LogP) is 1.91. The van der Waals surface area contributed by atoms with Crippen LogP contribution in [0.3, 0.4) is 0 Å². The molecule has 11 heteroatoms. The lowest BCUT2D eigenvalue weighted by Gasteiger charge is -2.33. The van der Waals surface area contributed by atoms with Crippen LogP contribution in [0.1, 0.15) is 40.6 Å². The fourth-order valence-electron chi connectivity index (χ4n) is 2.86. The number of aryl methyl sites for hydroxylation is 2. The van der Waals surface area contributed by atoms with Gasteiger partial charge in [-0.2, -0.15) is 18.3 Å². The Labute approximate surface area is 146 Å². The molecule has 0 N–H and O–H groups in total. The van der Waals surface area contributed by atoms with E-state index < -0.39 is 18.8 Å². The van der Waals surface area contributed by atoms with Gasteiger partial charge in [0.05, 0.1) is 18.9 Å². The molecule has 0 unspecified atom stereocenters. The van der Waals surface area contributed by atoms with Crippen molar-refractivity contribution < 1.29 is 27.2 Å². The van der Waals surface area contributed by atoms with Gasteiger partial charge >= 0.3 is 6.18 Å². The molecule has 0 spiro atoms. The van der Waals surface area contributed by atoms with Gasteiger partial charge < -0.3 is 14.2 Å². The Hall–Kier alpha value is -2.43. The molecule has 0 bridgehead atoms. The van der Waals surface area contributed by atoms with Crippen molar-refractivity contribution in [2.24, 2.45) is 0 Å². The zero-order chi connectivity index (χ0) is 18.9. The number of carbonyl (C=O) groups is 1. The molecule has 1 aliphatic rings. The maximum absolute atomic E-state index is 13.0. The van der Waals surface area contributed by atoms with E-state index in [2.05, 4.69) is 15.2 Å². The topological polar surface area (TPSA) is 86.3 Å². The summed E-state index contributed by atoms with van der Waals surface area (Å²) in [6.45, 7) is 2.94. The maximum Gasteiger partial charge on any atom is 0.408 e. The minimum Gasteiger partial charge on any atom is -0.377 e. The van der Waals surface area contributed by atoms with Crippen LogP contribution >= 0.6 is 0 Å². The minimum absolute atomic E-state index is 0.105. The van der Waals surface area contributed by atoms with E-state index in [9.17, 15) is 18.0 Å². The zero-order valence-corrected chi connectivity index (χ0v) is 14.3. The number of morpholine rings is 1. The fourth-order valence-corrected chi connectivity index (χ4v) is 2.86. The third kappa shape index (κ3) is 3.71. The Morgan fingerprint density at radius 2 is 2.19 bits per heavy atom. The van der Waals surface area contributed by atoms with Crippen LogP contribution in [0.15, 0.2) is 10.9 Å². The molecule has 1 amide bonds. The van der Waals surface area contributed by atoms with Crippen LogP contribution in [0.25, 0.3) is 0 Å². The number of hydrogen-bond acceptors (Lipinski definition) is 6. The molecule has 0 aliphatic carbocycles. The Balaban J connectivity index is 1.86. The Morgan fingerprint density at radius 1 is 1.42 bits per heavy atom. The van der Waals surface area contributed by atoms with Crippen molar-refractivity contribution in [2.75, 3.05) is 19.8 Å². The number of aromatic nitrogens is 4. The molecular formula is C15H18F3N5O3. The first-order chi connectivity index (χ1) is 12.3. The van der Waals surface area contributed by atoms with Crippen molar-refractivity contribution in [1.29, 1.82) is 0 Å². The molecule has 2 aromatic heterocycles. The van der Waals surface area contributed by atoms with Gasteiger partial charge in [-0.15, -0.1) is 0 Å². The highest BCUT2D eigenvalue weighted by Crippen LogP contribution is 2.26. The van der Waals surface area contributed by atoms with E-state index in [0.29, 0.717) is 34.7 Å². The molecular weight excluding hydrogens is 355 g/mol. The van der Waals surface area contributed by atoms with Crippen LogP contribution in [-0.4, -0.2) is 56.7 Å². The summed E-state index contributed by atoms with van der Waals surface area (Å²) < 4.78 is 48.7. The SMILES string of the molecule is CCc1noc(C)c1C(=O)N1CCOC[C@H]1c1ncn(CC(F)(F)F)n1. The monoisotopic (exact) mass is 373 g/mol. The zero-order valence-electron chi connectivity index (χ0n) is 14.3. The summed E-state index contributed by atoms with van der Waals surface area (Å²) in [4.78, 5) is 18.4. The molecule has 1 aliphatic heterocycles. The average Bonchev–Trinajstić information content (AvgIpc) is 3.19. The minimum atomic E-state index is -4.40. The third-order valence-corrected chi connectivity index (χ3v) is 4.07. The van der Waals surface area contributed by atoms with E-state index in [-0.39, 0.29) is 24.9 Å². The summed E-state index contributed by atoms with van der Waals surface area (Å²) in [5.74, 6) is 0.183. The van der Waals surface area contributed by atoms with Crippen molar-refractivity contribution in [3.05, 3.63) is 29.2 Å². The number of alkyl halides is 3. The summed E-state index contributed by atoms with van der Waals surface area (Å²) in [6, 6.07) is -0.676. The van der Waals surface area contributed by atoms with Gasteiger partial charge in [0, 0.05) is 6.54 Å². The van der Waals surface area contributed by atoms with Gasteiger partial charge in [-0.25, -0.2) is 9.67 Å². The lowest BCUT2D eigenvalue weighted by Crippen LogP contribution is -2.44. The van der Waals surface area contributed by atoms with E-state index in [4.69, 9.17) is 9.26 Å². The molecule has 0 radical (unpaired) electrons. The Kier molecular flexibility index (Phi) is 4.99. The largest absolute Gasteiger partial charge is 0.408 e. The number of hydrogen-bond donors (Lipinski definition) is 0. The van der Waals surface area contributed by atoms with E-state index in [1.54, 1.807) is 6.92 Å². The molecule has 1 fully saturated rings. The molecule has 142 valence electrons. The first-order valence-corrected chi connectivity index (χ1v) is 8.10. The first-order valence-electron chi connectivity index (χ1n) is 8.10. The van der Waals surface area contributed by atoms with Crippen molar-refractivity contribution in [3.63, 3.8) is 0 Å². The van der Waals surface area contributed by atoms with E-state index in [1.807, 2.05) is 6.92 Å². The van der Waals surface area contributed by atoms with E-state index in [1.165, 1.54) is 4.90 Å². The number of nitrogens with zero attached hydrogens (tertiary/aromatic N) is 5. The average molecular weight is 373 g/mol. The van der Waals surface area contributed by atoms with Crippen molar-refractivity contribution in [1.82, 2.24) is 24.8 Å². The smallest absolute Gasteiger partial charge is 0.377 e. The van der Waals surface area contributed by atoms with E-state index in [0.717, 1.165) is 6.33 Å². The van der Waals surface area contributed by atoms with Crippen molar-refractivity contribution in [3.8, 4) is 0 Å². The van der Waals surface area contributed by atoms with Gasteiger partial charge in [0.25, 0.3) is 5.91 Å². The third-order valence-electron chi connectivity index (χ3n) is 4.07. The quantitative estimate of drug-likeness (QED) is 0.814. The molecule has 26 heavy (non-hydrogen) atoms. The lowest BCUT2D eigenvalue weighted by atomic mass is 10.1. The molecule has 3 rings (SSSR count). The highest BCUT2D eigenvalue weighted by Gasteiger charge is 2.35. The standard InChI is InChI=1S/C15H18F3N5O3/c1-3-10-12(9(2)26-21-10)14(24)23-4-5-25-6-11(23)13-19-8-22(20-13)7-15(16,17)18/h8,11H,3-7H2,1-2H3/t11-/m0/s1. The predicted molar refractivity (Wildman–Crippen MR) is 81.3 cm³/mol. The number of carbonyl (C=O) groups excluding carboxylic acids is 1. The maximum atomic E-state index is 13.0. The van der Waals surface area contributed by atoms with E-state index >= 15 is 0 Å². The molecule has 2 aromatic rings. The van der Waals surface area contributed by atoms with Crippen LogP contribution in [0.5, 0.6) is 0 Å². The van der Waals surface area contributed by atoms with Gasteiger partial charge in [-0.3, -0.25) is 4.79 Å². The van der Waals surface area contributed by atoms with Crippen LogP contribution < -0.4 is 0 Å². The second-order valence-corrected chi connectivity index (χ2v) is 5.92. The molecule has 1 atom stereocenters. The Morgan fingerprint density at radius 3 is 2.88 bits per heavy atom. The lowest BCUT2D eigenvalue weighted by molar-refractivity contribution is -0.142. The van der Waals surface area contributed by atoms with Gasteiger partial charge in [-0.05, 0) is 13.3 Å². The molecule has 0 aromatic carbocycles. The van der Waals surface area contributed by atoms with Crippen LogP contribution in [-0.2, 0) is 17.7 Å². The van der Waals surface area contributed by atoms with Gasteiger partial charge in [0.2, 0.25) is 0 Å². The van der Waals surface area contributed by atoms with Gasteiger partial charge in [-0.1, -0.05) is 12.1 Å². The highest BCUT2D eigenvalue weighted by molar-refractivity contribution is 5.96. The van der Waals surface area contributed by atoms with Crippen LogP contribution in [0.4, 0.5) is 13.2 Å². The van der Waals surface area contributed by atoms with Gasteiger partial charge in [0.1, 0.15) is 30.2 Å². The van der Waals surface area contributed by atoms with Gasteiger partial charge in [0.15, 0.2) is 5.82 Å². The molecule has 8 nitrogen and oxygen atoms in total. The number of rotatable bonds is 4. The number of ether oxygens (including phenoxy) is 1. The second-order valence-electron chi connectivity index (χ2n) is 5.92. The summed E-state index contributed by atoms with van der Waals surface area (Å²) in [5.41, 5.74) is 0.905. The second kappa shape index (κ2) is 7.06. The number of halogens is 3. The summed E-state index contributed by atoms with van der Waals surface area (Å²) in [7, 11) is 0. The van der Waals surface area contributed by atoms with Crippen molar-refractivity contribution >= 4 is 5.91 Å². The van der Waals surface area contributed by atoms with Crippen LogP contribution in [0.2, 0.25) is 0 Å². The molecule has 1 saturated heterocycles. The summed E-state index contributed by atoms with van der Waals surface area (Å²) in [5, 5.41) is 7.75. The Bertz CT molecular complexity index is 786. The molecule has 0 saturated carbocycles. The number of amides is 1. The summed E-state index contributed by atoms with van der Waals surface area (Å²) >= 11 is 0. The summed E-state index contributed by atoms with van der Waals surface area (Å²) in [6.07, 6.45) is -2.88. The molecule has 3 heterocycles. The van der Waals surface area contributed by atoms with Crippen molar-refractivity contribution in [2.45, 2.75) is 39.0 Å². The highest BCUT2D eigenvalue weighted by atomic mass is 19.4. The normalized spacial score (nSPS) is 18.3. The fraction of sp³-hybridized carbons (Fsp3) is 0.600. The van der Waals surface area contributed by atoms with Crippen LogP contribution in [0, 0.1) is 6.92 Å². The first kappa shape index (κ1) is 18.4.